The molecule has 1 aromatic rings. The summed E-state index contributed by atoms with van der Waals surface area (Å²) in [6.07, 6.45) is 1.12. The van der Waals surface area contributed by atoms with Crippen molar-refractivity contribution < 1.29 is 9.53 Å². The zero-order chi connectivity index (χ0) is 14.0. The molecule has 2 atom stereocenters. The number of thiol groups is 1. The maximum atomic E-state index is 12.2. The molecular weight excluding hydrogens is 258 g/mol. The van der Waals surface area contributed by atoms with E-state index < -0.39 is 0 Å². The van der Waals surface area contributed by atoms with Crippen molar-refractivity contribution in [3.8, 4) is 0 Å². The lowest BCUT2D eigenvalue weighted by Crippen LogP contribution is -2.62. The highest BCUT2D eigenvalue weighted by Crippen LogP contribution is 2.42. The summed E-state index contributed by atoms with van der Waals surface area (Å²) in [6.45, 7) is 6.99. The van der Waals surface area contributed by atoms with Gasteiger partial charge in [-0.25, -0.2) is 0 Å². The monoisotopic (exact) mass is 279 g/mol. The molecule has 0 saturated heterocycles. The number of rotatable bonds is 4. The van der Waals surface area contributed by atoms with Crippen LogP contribution in [0.5, 0.6) is 0 Å². The van der Waals surface area contributed by atoms with Gasteiger partial charge in [0.1, 0.15) is 0 Å². The molecule has 1 saturated carbocycles. The SMILES string of the molecule is CCOC1CC(NC(=O)c2cccc(S)c2)C1(C)C. The van der Waals surface area contributed by atoms with Gasteiger partial charge in [-0.05, 0) is 31.5 Å². The van der Waals surface area contributed by atoms with Crippen LogP contribution in [0.1, 0.15) is 37.6 Å². The maximum Gasteiger partial charge on any atom is 0.251 e. The summed E-state index contributed by atoms with van der Waals surface area (Å²) < 4.78 is 5.67. The Kier molecular flexibility index (Phi) is 4.21. The Hall–Kier alpha value is -1.00. The van der Waals surface area contributed by atoms with E-state index in [9.17, 15) is 4.79 Å². The minimum Gasteiger partial charge on any atom is -0.378 e. The number of benzene rings is 1. The third-order valence-corrected chi connectivity index (χ3v) is 4.24. The van der Waals surface area contributed by atoms with Crippen LogP contribution in [0.15, 0.2) is 29.2 Å². The molecule has 0 heterocycles. The average Bonchev–Trinajstić information content (AvgIpc) is 2.37. The second-order valence-electron chi connectivity index (χ2n) is 5.58. The minimum absolute atomic E-state index is 0.00968. The summed E-state index contributed by atoms with van der Waals surface area (Å²) in [6, 6.07) is 7.45. The first-order valence-electron chi connectivity index (χ1n) is 6.66. The van der Waals surface area contributed by atoms with Crippen molar-refractivity contribution in [3.05, 3.63) is 29.8 Å². The molecule has 4 heteroatoms. The number of nitrogens with one attached hydrogen (secondary N) is 1. The highest BCUT2D eigenvalue weighted by molar-refractivity contribution is 7.80. The minimum atomic E-state index is -0.0380. The topological polar surface area (TPSA) is 38.3 Å². The number of hydrogen-bond acceptors (Lipinski definition) is 3. The van der Waals surface area contributed by atoms with Gasteiger partial charge in [-0.2, -0.15) is 0 Å². The second-order valence-corrected chi connectivity index (χ2v) is 6.09. The summed E-state index contributed by atoms with van der Waals surface area (Å²) in [7, 11) is 0. The number of ether oxygens (including phenoxy) is 1. The predicted molar refractivity (Wildman–Crippen MR) is 78.8 cm³/mol. The van der Waals surface area contributed by atoms with Gasteiger partial charge >= 0.3 is 0 Å². The molecule has 3 nitrogen and oxygen atoms in total. The molecule has 1 aliphatic carbocycles. The molecule has 0 bridgehead atoms. The van der Waals surface area contributed by atoms with Crippen LogP contribution in [0.2, 0.25) is 0 Å². The highest BCUT2D eigenvalue weighted by atomic mass is 32.1. The van der Waals surface area contributed by atoms with Gasteiger partial charge in [0.15, 0.2) is 0 Å². The van der Waals surface area contributed by atoms with Crippen molar-refractivity contribution in [2.24, 2.45) is 5.41 Å². The van der Waals surface area contributed by atoms with Crippen LogP contribution < -0.4 is 5.32 Å². The maximum absolute atomic E-state index is 12.2. The van der Waals surface area contributed by atoms with Gasteiger partial charge < -0.3 is 10.1 Å². The van der Waals surface area contributed by atoms with Crippen LogP contribution in [0, 0.1) is 5.41 Å². The molecule has 19 heavy (non-hydrogen) atoms. The fraction of sp³-hybridized carbons (Fsp3) is 0.533. The number of amides is 1. The van der Waals surface area contributed by atoms with Gasteiger partial charge in [-0.3, -0.25) is 4.79 Å². The van der Waals surface area contributed by atoms with Crippen molar-refractivity contribution in [2.45, 2.75) is 44.2 Å². The lowest BCUT2D eigenvalue weighted by atomic mass is 9.64. The van der Waals surface area contributed by atoms with E-state index in [1.54, 1.807) is 12.1 Å². The summed E-state index contributed by atoms with van der Waals surface area (Å²) in [5.74, 6) is -0.0380. The van der Waals surface area contributed by atoms with Crippen LogP contribution in [-0.2, 0) is 4.74 Å². The molecule has 0 aliphatic heterocycles. The lowest BCUT2D eigenvalue weighted by Gasteiger charge is -2.51. The summed E-state index contributed by atoms with van der Waals surface area (Å²) >= 11 is 4.25. The third kappa shape index (κ3) is 2.95. The quantitative estimate of drug-likeness (QED) is 0.832. The Balaban J connectivity index is 1.98. The van der Waals surface area contributed by atoms with Crippen molar-refractivity contribution in [2.75, 3.05) is 6.61 Å². The number of hydrogen-bond donors (Lipinski definition) is 2. The second kappa shape index (κ2) is 5.55. The van der Waals surface area contributed by atoms with Gasteiger partial charge in [-0.1, -0.05) is 19.9 Å². The van der Waals surface area contributed by atoms with Crippen LogP contribution in [-0.4, -0.2) is 24.7 Å². The molecular formula is C15H21NO2S. The van der Waals surface area contributed by atoms with Gasteiger partial charge in [-0.15, -0.1) is 12.6 Å². The smallest absolute Gasteiger partial charge is 0.251 e. The summed E-state index contributed by atoms with van der Waals surface area (Å²) in [5.41, 5.74) is 0.646. The standard InChI is InChI=1S/C15H21NO2S/c1-4-18-13-9-12(15(13,2)3)16-14(17)10-6-5-7-11(19)8-10/h5-8,12-13,19H,4,9H2,1-3H3,(H,16,17). The van der Waals surface area contributed by atoms with E-state index in [1.807, 2.05) is 19.1 Å². The molecule has 0 radical (unpaired) electrons. The highest BCUT2D eigenvalue weighted by Gasteiger charge is 2.49. The van der Waals surface area contributed by atoms with Crippen molar-refractivity contribution >= 4 is 18.5 Å². The first kappa shape index (κ1) is 14.4. The van der Waals surface area contributed by atoms with Crippen molar-refractivity contribution in [1.29, 1.82) is 0 Å². The van der Waals surface area contributed by atoms with E-state index in [-0.39, 0.29) is 23.5 Å². The normalized spacial score (nSPS) is 24.6. The number of carbonyl (C=O) groups is 1. The zero-order valence-corrected chi connectivity index (χ0v) is 12.5. The third-order valence-electron chi connectivity index (χ3n) is 3.96. The zero-order valence-electron chi connectivity index (χ0n) is 11.6. The molecule has 2 rings (SSSR count). The molecule has 0 aromatic heterocycles. The van der Waals surface area contributed by atoms with Gasteiger partial charge in [0.25, 0.3) is 5.91 Å². The van der Waals surface area contributed by atoms with E-state index in [4.69, 9.17) is 4.74 Å². The molecule has 104 valence electrons. The predicted octanol–water partition coefficient (Wildman–Crippen LogP) is 2.91. The summed E-state index contributed by atoms with van der Waals surface area (Å²) in [4.78, 5) is 13.0. The fourth-order valence-corrected chi connectivity index (χ4v) is 2.73. The first-order valence-corrected chi connectivity index (χ1v) is 7.11. The molecule has 1 fully saturated rings. The molecule has 1 aliphatic rings. The van der Waals surface area contributed by atoms with E-state index >= 15 is 0 Å². The number of carbonyl (C=O) groups excluding carboxylic acids is 1. The molecule has 1 aromatic carbocycles. The van der Waals surface area contributed by atoms with E-state index in [1.165, 1.54) is 0 Å². The Morgan fingerprint density at radius 2 is 2.26 bits per heavy atom. The molecule has 1 amide bonds. The lowest BCUT2D eigenvalue weighted by molar-refractivity contribution is -0.111. The molecule has 1 N–H and O–H groups in total. The van der Waals surface area contributed by atoms with E-state index in [0.29, 0.717) is 5.56 Å². The van der Waals surface area contributed by atoms with Gasteiger partial charge in [0, 0.05) is 28.5 Å². The van der Waals surface area contributed by atoms with Crippen LogP contribution in [0.4, 0.5) is 0 Å². The Bertz CT molecular complexity index is 473. The Labute approximate surface area is 120 Å². The Morgan fingerprint density at radius 1 is 1.53 bits per heavy atom. The van der Waals surface area contributed by atoms with Crippen LogP contribution in [0.3, 0.4) is 0 Å². The fourth-order valence-electron chi connectivity index (χ4n) is 2.50. The van der Waals surface area contributed by atoms with Gasteiger partial charge in [0.05, 0.1) is 6.10 Å². The van der Waals surface area contributed by atoms with Gasteiger partial charge in [0.2, 0.25) is 0 Å². The van der Waals surface area contributed by atoms with Crippen LogP contribution >= 0.6 is 12.6 Å². The summed E-state index contributed by atoms with van der Waals surface area (Å²) in [5, 5.41) is 3.09. The van der Waals surface area contributed by atoms with Crippen molar-refractivity contribution in [1.82, 2.24) is 5.32 Å². The molecule has 0 spiro atoms. The van der Waals surface area contributed by atoms with E-state index in [2.05, 4.69) is 31.8 Å². The molecule has 2 unspecified atom stereocenters. The Morgan fingerprint density at radius 3 is 2.84 bits per heavy atom. The van der Waals surface area contributed by atoms with Crippen molar-refractivity contribution in [3.63, 3.8) is 0 Å². The van der Waals surface area contributed by atoms with E-state index in [0.717, 1.165) is 17.9 Å². The average molecular weight is 279 g/mol. The van der Waals surface area contributed by atoms with Crippen LogP contribution in [0.25, 0.3) is 0 Å². The first-order chi connectivity index (χ1) is 8.95. The largest absolute Gasteiger partial charge is 0.378 e.